The average molecular weight is 391 g/mol. The van der Waals surface area contributed by atoms with Crippen molar-refractivity contribution in [1.82, 2.24) is 0 Å². The molecule has 0 aromatic heterocycles. The van der Waals surface area contributed by atoms with Crippen LogP contribution in [0.25, 0.3) is 6.08 Å². The van der Waals surface area contributed by atoms with Crippen LogP contribution >= 0.6 is 23.2 Å². The van der Waals surface area contributed by atoms with E-state index >= 15 is 0 Å². The van der Waals surface area contributed by atoms with E-state index < -0.39 is 18.5 Å². The largest absolute Gasteiger partial charge is 0.481 e. The fourth-order valence-electron chi connectivity index (χ4n) is 1.96. The number of carboxylic acid groups (broad SMARTS) is 1. The number of ether oxygens (including phenoxy) is 1. The van der Waals surface area contributed by atoms with Gasteiger partial charge in [-0.1, -0.05) is 41.4 Å². The van der Waals surface area contributed by atoms with E-state index in [0.29, 0.717) is 10.6 Å². The molecule has 8 heteroatoms. The zero-order chi connectivity index (χ0) is 19.1. The first kappa shape index (κ1) is 19.3. The van der Waals surface area contributed by atoms with Gasteiger partial charge in [-0.25, -0.2) is 4.79 Å². The summed E-state index contributed by atoms with van der Waals surface area (Å²) in [5.41, 5.74) is 0.436. The van der Waals surface area contributed by atoms with E-state index in [0.717, 1.165) is 0 Å². The van der Waals surface area contributed by atoms with Crippen molar-refractivity contribution in [2.45, 2.75) is 0 Å². The molecule has 1 amide bonds. The van der Waals surface area contributed by atoms with E-state index in [9.17, 15) is 14.9 Å². The Balaban J connectivity index is 2.27. The SMILES string of the molecule is N#C/C(=C\c1ccccc1OCC(=O)O)C(=O)Nc1cc(Cl)ccc1Cl. The summed E-state index contributed by atoms with van der Waals surface area (Å²) in [4.78, 5) is 23.0. The highest BCUT2D eigenvalue weighted by Crippen LogP contribution is 2.26. The normalized spacial score (nSPS) is 10.7. The molecule has 0 aliphatic rings. The Hall–Kier alpha value is -3.01. The van der Waals surface area contributed by atoms with Gasteiger partial charge in [0.1, 0.15) is 17.4 Å². The van der Waals surface area contributed by atoms with E-state index in [1.807, 2.05) is 0 Å². The van der Waals surface area contributed by atoms with Gasteiger partial charge in [0.2, 0.25) is 0 Å². The van der Waals surface area contributed by atoms with Crippen molar-refractivity contribution in [2.75, 3.05) is 11.9 Å². The molecule has 0 atom stereocenters. The molecule has 0 spiro atoms. The fourth-order valence-corrected chi connectivity index (χ4v) is 2.29. The van der Waals surface area contributed by atoms with Gasteiger partial charge in [-0.05, 0) is 30.3 Å². The third kappa shape index (κ3) is 5.24. The van der Waals surface area contributed by atoms with Crippen LogP contribution in [0.2, 0.25) is 10.0 Å². The third-order valence-corrected chi connectivity index (χ3v) is 3.68. The summed E-state index contributed by atoms with van der Waals surface area (Å²) in [7, 11) is 0. The molecular formula is C18H12Cl2N2O4. The van der Waals surface area contributed by atoms with Gasteiger partial charge in [0, 0.05) is 10.6 Å². The Bertz CT molecular complexity index is 920. The Labute approximate surface area is 159 Å². The second kappa shape index (κ2) is 8.90. The van der Waals surface area contributed by atoms with Gasteiger partial charge in [-0.15, -0.1) is 0 Å². The average Bonchev–Trinajstić information content (AvgIpc) is 2.61. The van der Waals surface area contributed by atoms with Gasteiger partial charge in [0.15, 0.2) is 6.61 Å². The number of rotatable bonds is 6. The van der Waals surface area contributed by atoms with Crippen LogP contribution in [0.15, 0.2) is 48.0 Å². The summed E-state index contributed by atoms with van der Waals surface area (Å²) in [5.74, 6) is -1.60. The molecule has 0 radical (unpaired) electrons. The molecule has 2 aromatic carbocycles. The summed E-state index contributed by atoms with van der Waals surface area (Å²) >= 11 is 11.9. The number of carboxylic acids is 1. The maximum Gasteiger partial charge on any atom is 0.341 e. The maximum absolute atomic E-state index is 12.4. The van der Waals surface area contributed by atoms with Crippen molar-refractivity contribution in [2.24, 2.45) is 0 Å². The smallest absolute Gasteiger partial charge is 0.341 e. The Kier molecular flexibility index (Phi) is 6.61. The number of carbonyl (C=O) groups excluding carboxylic acids is 1. The van der Waals surface area contributed by atoms with Crippen molar-refractivity contribution in [3.8, 4) is 11.8 Å². The molecule has 0 bridgehead atoms. The maximum atomic E-state index is 12.4. The number of nitrogens with zero attached hydrogens (tertiary/aromatic N) is 1. The summed E-state index contributed by atoms with van der Waals surface area (Å²) in [6.07, 6.45) is 1.30. The van der Waals surface area contributed by atoms with E-state index in [2.05, 4.69) is 5.32 Å². The summed E-state index contributed by atoms with van der Waals surface area (Å²) in [6.45, 7) is -0.545. The van der Waals surface area contributed by atoms with Crippen molar-refractivity contribution >= 4 is 46.8 Å². The van der Waals surface area contributed by atoms with Gasteiger partial charge >= 0.3 is 5.97 Å². The topological polar surface area (TPSA) is 99.4 Å². The van der Waals surface area contributed by atoms with Crippen LogP contribution in [0, 0.1) is 11.3 Å². The van der Waals surface area contributed by atoms with Crippen molar-refractivity contribution in [3.05, 3.63) is 63.6 Å². The standard InChI is InChI=1S/C18H12Cl2N2O4/c19-13-5-6-14(20)15(8-13)22-18(25)12(9-21)7-11-3-1-2-4-16(11)26-10-17(23)24/h1-8H,10H2,(H,22,25)(H,23,24)/b12-7+. The van der Waals surface area contributed by atoms with Gasteiger partial charge in [0.25, 0.3) is 5.91 Å². The number of para-hydroxylation sites is 1. The Morgan fingerprint density at radius 3 is 2.65 bits per heavy atom. The molecule has 0 saturated carbocycles. The third-order valence-electron chi connectivity index (χ3n) is 3.11. The van der Waals surface area contributed by atoms with Crippen LogP contribution in [0.3, 0.4) is 0 Å². The predicted octanol–water partition coefficient (Wildman–Crippen LogP) is 4.00. The van der Waals surface area contributed by atoms with Crippen molar-refractivity contribution in [3.63, 3.8) is 0 Å². The quantitative estimate of drug-likeness (QED) is 0.573. The van der Waals surface area contributed by atoms with E-state index in [-0.39, 0.29) is 22.0 Å². The molecule has 2 N–H and O–H groups in total. The lowest BCUT2D eigenvalue weighted by Gasteiger charge is -2.09. The Morgan fingerprint density at radius 2 is 1.96 bits per heavy atom. The number of hydrogen-bond acceptors (Lipinski definition) is 4. The first-order valence-electron chi connectivity index (χ1n) is 7.22. The molecule has 6 nitrogen and oxygen atoms in total. The van der Waals surface area contributed by atoms with Crippen LogP contribution < -0.4 is 10.1 Å². The molecule has 0 aliphatic heterocycles. The molecule has 0 unspecified atom stereocenters. The first-order chi connectivity index (χ1) is 12.4. The number of aliphatic carboxylic acids is 1. The molecule has 0 saturated heterocycles. The van der Waals surface area contributed by atoms with Gasteiger partial charge < -0.3 is 15.2 Å². The lowest BCUT2D eigenvalue weighted by molar-refractivity contribution is -0.139. The molecule has 0 heterocycles. The van der Waals surface area contributed by atoms with Crippen LogP contribution in [0.1, 0.15) is 5.56 Å². The minimum Gasteiger partial charge on any atom is -0.481 e. The molecular weight excluding hydrogens is 379 g/mol. The highest BCUT2D eigenvalue weighted by Gasteiger charge is 2.13. The number of benzene rings is 2. The minimum atomic E-state index is -1.14. The van der Waals surface area contributed by atoms with E-state index in [1.54, 1.807) is 30.3 Å². The molecule has 0 fully saturated rings. The number of carbonyl (C=O) groups is 2. The van der Waals surface area contributed by atoms with E-state index in [1.165, 1.54) is 24.3 Å². The number of hydrogen-bond donors (Lipinski definition) is 2. The highest BCUT2D eigenvalue weighted by atomic mass is 35.5. The van der Waals surface area contributed by atoms with Crippen LogP contribution in [0.4, 0.5) is 5.69 Å². The lowest BCUT2D eigenvalue weighted by Crippen LogP contribution is -2.14. The number of nitrogens with one attached hydrogen (secondary N) is 1. The van der Waals surface area contributed by atoms with Gasteiger partial charge in [-0.2, -0.15) is 5.26 Å². The number of nitriles is 1. The Morgan fingerprint density at radius 1 is 1.23 bits per heavy atom. The number of halogens is 2. The molecule has 26 heavy (non-hydrogen) atoms. The zero-order valence-corrected chi connectivity index (χ0v) is 14.7. The van der Waals surface area contributed by atoms with Crippen LogP contribution in [-0.4, -0.2) is 23.6 Å². The summed E-state index contributed by atoms with van der Waals surface area (Å²) < 4.78 is 5.15. The summed E-state index contributed by atoms with van der Waals surface area (Å²) in [6, 6.07) is 12.8. The monoisotopic (exact) mass is 390 g/mol. The highest BCUT2D eigenvalue weighted by molar-refractivity contribution is 6.36. The second-order valence-corrected chi connectivity index (χ2v) is 5.81. The fraction of sp³-hybridized carbons (Fsp3) is 0.0556. The van der Waals surface area contributed by atoms with Crippen LogP contribution in [0.5, 0.6) is 5.75 Å². The zero-order valence-electron chi connectivity index (χ0n) is 13.2. The number of anilines is 1. The van der Waals surface area contributed by atoms with Gasteiger partial charge in [0.05, 0.1) is 10.7 Å². The van der Waals surface area contributed by atoms with Gasteiger partial charge in [-0.3, -0.25) is 4.79 Å². The molecule has 2 rings (SSSR count). The molecule has 132 valence electrons. The van der Waals surface area contributed by atoms with Crippen molar-refractivity contribution in [1.29, 1.82) is 5.26 Å². The molecule has 2 aromatic rings. The predicted molar refractivity (Wildman–Crippen MR) is 98.3 cm³/mol. The molecule has 0 aliphatic carbocycles. The van der Waals surface area contributed by atoms with Crippen molar-refractivity contribution < 1.29 is 19.4 Å². The minimum absolute atomic E-state index is 0.215. The number of amides is 1. The first-order valence-corrected chi connectivity index (χ1v) is 7.98. The second-order valence-electron chi connectivity index (χ2n) is 4.97. The summed E-state index contributed by atoms with van der Waals surface area (Å²) in [5, 5.41) is 21.2. The van der Waals surface area contributed by atoms with Crippen LogP contribution in [-0.2, 0) is 9.59 Å². The lowest BCUT2D eigenvalue weighted by atomic mass is 10.1. The van der Waals surface area contributed by atoms with E-state index in [4.69, 9.17) is 33.0 Å².